The van der Waals surface area contributed by atoms with E-state index in [0.29, 0.717) is 10.9 Å². The van der Waals surface area contributed by atoms with E-state index in [1.54, 1.807) is 35.9 Å². The van der Waals surface area contributed by atoms with E-state index < -0.39 is 0 Å². The Morgan fingerprint density at radius 1 is 1.09 bits per heavy atom. The van der Waals surface area contributed by atoms with Gasteiger partial charge in [-0.2, -0.15) is 4.98 Å². The van der Waals surface area contributed by atoms with Gasteiger partial charge < -0.3 is 4.57 Å². The third-order valence-corrected chi connectivity index (χ3v) is 3.64. The number of carbonyl (C=O) groups excluding carboxylic acids is 1. The molecule has 0 aliphatic heterocycles. The molecule has 3 aromatic rings. The smallest absolute Gasteiger partial charge is 0.282 e. The maximum atomic E-state index is 12.4. The summed E-state index contributed by atoms with van der Waals surface area (Å²) in [5, 5.41) is 3.24. The Bertz CT molecular complexity index is 929. The SMILES string of the molecule is Cc1ccccc1C(=O)Nc1nc(=O)c2ccccc2n1C. The molecular formula is C17H15N3O2. The molecule has 1 amide bonds. The Labute approximate surface area is 127 Å². The molecule has 1 aromatic heterocycles. The standard InChI is InChI=1S/C17H15N3O2/c1-11-7-3-4-8-12(11)15(21)18-17-19-16(22)13-9-5-6-10-14(13)20(17)2/h3-10H,1-2H3,(H,18,19,21,22). The van der Waals surface area contributed by atoms with Crippen LogP contribution in [0.5, 0.6) is 0 Å². The van der Waals surface area contributed by atoms with Gasteiger partial charge in [-0.3, -0.25) is 14.9 Å². The van der Waals surface area contributed by atoms with Crippen LogP contribution in [0.25, 0.3) is 10.9 Å². The van der Waals surface area contributed by atoms with E-state index in [1.165, 1.54) is 0 Å². The minimum atomic E-state index is -0.353. The molecule has 3 rings (SSSR count). The number of rotatable bonds is 2. The van der Waals surface area contributed by atoms with Gasteiger partial charge >= 0.3 is 0 Å². The van der Waals surface area contributed by atoms with Crippen molar-refractivity contribution in [1.29, 1.82) is 0 Å². The first-order chi connectivity index (χ1) is 10.6. The van der Waals surface area contributed by atoms with E-state index in [0.717, 1.165) is 11.1 Å². The summed E-state index contributed by atoms with van der Waals surface area (Å²) in [6.45, 7) is 1.86. The van der Waals surface area contributed by atoms with Crippen LogP contribution in [-0.4, -0.2) is 15.5 Å². The van der Waals surface area contributed by atoms with Crippen LogP contribution in [0.2, 0.25) is 0 Å². The molecule has 5 heteroatoms. The highest BCUT2D eigenvalue weighted by molar-refractivity contribution is 6.04. The molecular weight excluding hydrogens is 278 g/mol. The van der Waals surface area contributed by atoms with E-state index in [9.17, 15) is 9.59 Å². The summed E-state index contributed by atoms with van der Waals surface area (Å²) in [6, 6.07) is 14.4. The van der Waals surface area contributed by atoms with Crippen molar-refractivity contribution in [1.82, 2.24) is 9.55 Å². The molecule has 0 unspecified atom stereocenters. The lowest BCUT2D eigenvalue weighted by Gasteiger charge is -2.12. The molecule has 5 nitrogen and oxygen atoms in total. The third kappa shape index (κ3) is 2.37. The predicted octanol–water partition coefficient (Wildman–Crippen LogP) is 2.49. The Balaban J connectivity index is 2.05. The third-order valence-electron chi connectivity index (χ3n) is 3.64. The number of benzene rings is 2. The van der Waals surface area contributed by atoms with Crippen LogP contribution >= 0.6 is 0 Å². The number of fused-ring (bicyclic) bond motifs is 1. The molecule has 0 spiro atoms. The molecule has 0 saturated heterocycles. The number of anilines is 1. The molecule has 2 aromatic carbocycles. The van der Waals surface area contributed by atoms with Crippen LogP contribution in [-0.2, 0) is 7.05 Å². The van der Waals surface area contributed by atoms with Crippen LogP contribution in [0.4, 0.5) is 5.95 Å². The van der Waals surface area contributed by atoms with Crippen molar-refractivity contribution >= 4 is 22.8 Å². The number of para-hydroxylation sites is 1. The monoisotopic (exact) mass is 293 g/mol. The fraction of sp³-hybridized carbons (Fsp3) is 0.118. The molecule has 1 heterocycles. The van der Waals surface area contributed by atoms with E-state index in [1.807, 2.05) is 31.2 Å². The number of nitrogens with one attached hydrogen (secondary N) is 1. The summed E-state index contributed by atoms with van der Waals surface area (Å²) in [5.41, 5.74) is 1.80. The number of nitrogens with zero attached hydrogens (tertiary/aromatic N) is 2. The highest BCUT2D eigenvalue weighted by Crippen LogP contribution is 2.14. The van der Waals surface area contributed by atoms with Gasteiger partial charge in [0.1, 0.15) is 0 Å². The van der Waals surface area contributed by atoms with Gasteiger partial charge in [-0.25, -0.2) is 0 Å². The van der Waals surface area contributed by atoms with E-state index >= 15 is 0 Å². The van der Waals surface area contributed by atoms with Crippen LogP contribution in [0.3, 0.4) is 0 Å². The normalized spacial score (nSPS) is 10.6. The summed E-state index contributed by atoms with van der Waals surface area (Å²) in [7, 11) is 1.77. The molecule has 0 aliphatic carbocycles. The summed E-state index contributed by atoms with van der Waals surface area (Å²) < 4.78 is 1.70. The zero-order valence-electron chi connectivity index (χ0n) is 12.3. The first-order valence-electron chi connectivity index (χ1n) is 6.90. The first kappa shape index (κ1) is 14.0. The molecule has 0 aliphatic rings. The van der Waals surface area contributed by atoms with Crippen LogP contribution in [0, 0.1) is 6.92 Å². The van der Waals surface area contributed by atoms with Crippen molar-refractivity contribution in [2.24, 2.45) is 7.05 Å². The van der Waals surface area contributed by atoms with Crippen molar-refractivity contribution < 1.29 is 4.79 Å². The van der Waals surface area contributed by atoms with Gasteiger partial charge in [0.25, 0.3) is 11.5 Å². The van der Waals surface area contributed by atoms with Crippen LogP contribution < -0.4 is 10.9 Å². The first-order valence-corrected chi connectivity index (χ1v) is 6.90. The molecule has 110 valence electrons. The molecule has 22 heavy (non-hydrogen) atoms. The number of hydrogen-bond acceptors (Lipinski definition) is 3. The number of carbonyl (C=O) groups is 1. The maximum absolute atomic E-state index is 12.4. The summed E-state index contributed by atoms with van der Waals surface area (Å²) in [4.78, 5) is 28.4. The van der Waals surface area contributed by atoms with Crippen LogP contribution in [0.1, 0.15) is 15.9 Å². The van der Waals surface area contributed by atoms with Gasteiger partial charge in [0.05, 0.1) is 10.9 Å². The minimum absolute atomic E-state index is 0.233. The summed E-state index contributed by atoms with van der Waals surface area (Å²) in [6.07, 6.45) is 0. The molecule has 0 fully saturated rings. The number of aromatic nitrogens is 2. The van der Waals surface area contributed by atoms with Gasteiger partial charge in [0.15, 0.2) is 0 Å². The highest BCUT2D eigenvalue weighted by Gasteiger charge is 2.13. The van der Waals surface area contributed by atoms with Crippen molar-refractivity contribution in [3.8, 4) is 0 Å². The quantitative estimate of drug-likeness (QED) is 0.789. The second-order valence-corrected chi connectivity index (χ2v) is 5.09. The zero-order chi connectivity index (χ0) is 15.7. The Hall–Kier alpha value is -2.95. The average molecular weight is 293 g/mol. The maximum Gasteiger partial charge on any atom is 0.282 e. The largest absolute Gasteiger partial charge is 0.314 e. The van der Waals surface area contributed by atoms with Gasteiger partial charge in [-0.05, 0) is 30.7 Å². The van der Waals surface area contributed by atoms with E-state index in [4.69, 9.17) is 0 Å². The topological polar surface area (TPSA) is 64.0 Å². The van der Waals surface area contributed by atoms with Crippen molar-refractivity contribution in [2.75, 3.05) is 5.32 Å². The summed E-state index contributed by atoms with van der Waals surface area (Å²) in [5.74, 6) is -0.0483. The molecule has 0 atom stereocenters. The highest BCUT2D eigenvalue weighted by atomic mass is 16.2. The fourth-order valence-electron chi connectivity index (χ4n) is 2.40. The average Bonchev–Trinajstić information content (AvgIpc) is 2.52. The Kier molecular flexibility index (Phi) is 3.47. The van der Waals surface area contributed by atoms with Gasteiger partial charge in [-0.1, -0.05) is 30.3 Å². The van der Waals surface area contributed by atoms with Gasteiger partial charge in [0.2, 0.25) is 5.95 Å². The Morgan fingerprint density at radius 2 is 1.77 bits per heavy atom. The second-order valence-electron chi connectivity index (χ2n) is 5.09. The van der Waals surface area contributed by atoms with Crippen molar-refractivity contribution in [3.63, 3.8) is 0 Å². The van der Waals surface area contributed by atoms with E-state index in [-0.39, 0.29) is 17.4 Å². The molecule has 1 N–H and O–H groups in total. The van der Waals surface area contributed by atoms with Crippen molar-refractivity contribution in [3.05, 3.63) is 70.0 Å². The van der Waals surface area contributed by atoms with E-state index in [2.05, 4.69) is 10.3 Å². The minimum Gasteiger partial charge on any atom is -0.314 e. The lowest BCUT2D eigenvalue weighted by molar-refractivity contribution is 0.102. The van der Waals surface area contributed by atoms with Crippen molar-refractivity contribution in [2.45, 2.75) is 6.92 Å². The summed E-state index contributed by atoms with van der Waals surface area (Å²) >= 11 is 0. The molecule has 0 saturated carbocycles. The number of aryl methyl sites for hydroxylation is 2. The molecule has 0 bridgehead atoms. The number of hydrogen-bond donors (Lipinski definition) is 1. The lowest BCUT2D eigenvalue weighted by atomic mass is 10.1. The fourth-order valence-corrected chi connectivity index (χ4v) is 2.40. The lowest BCUT2D eigenvalue weighted by Crippen LogP contribution is -2.22. The second kappa shape index (κ2) is 5.44. The molecule has 0 radical (unpaired) electrons. The van der Waals surface area contributed by atoms with Crippen LogP contribution in [0.15, 0.2) is 53.3 Å². The zero-order valence-corrected chi connectivity index (χ0v) is 12.3. The van der Waals surface area contributed by atoms with Gasteiger partial charge in [0, 0.05) is 12.6 Å². The predicted molar refractivity (Wildman–Crippen MR) is 86.1 cm³/mol. The Morgan fingerprint density at radius 3 is 2.55 bits per heavy atom. The number of amides is 1. The van der Waals surface area contributed by atoms with Gasteiger partial charge in [-0.15, -0.1) is 0 Å².